The van der Waals surface area contributed by atoms with Gasteiger partial charge in [-0.25, -0.2) is 0 Å². The van der Waals surface area contributed by atoms with E-state index in [0.717, 1.165) is 25.3 Å². The highest BCUT2D eigenvalue weighted by Gasteiger charge is 2.20. The van der Waals surface area contributed by atoms with Crippen molar-refractivity contribution in [3.05, 3.63) is 0 Å². The van der Waals surface area contributed by atoms with Crippen LogP contribution < -0.4 is 5.32 Å². The van der Waals surface area contributed by atoms with Crippen LogP contribution in [0.15, 0.2) is 0 Å². The molecule has 0 spiro atoms. The Morgan fingerprint density at radius 1 is 1.27 bits per heavy atom. The molecule has 1 rings (SSSR count). The number of nitrogens with one attached hydrogen (secondary N) is 1. The Morgan fingerprint density at radius 3 is 2.60 bits per heavy atom. The third-order valence-corrected chi connectivity index (χ3v) is 3.34. The van der Waals surface area contributed by atoms with E-state index in [9.17, 15) is 5.11 Å². The van der Waals surface area contributed by atoms with Crippen molar-refractivity contribution >= 4 is 0 Å². The lowest BCUT2D eigenvalue weighted by Crippen LogP contribution is -2.34. The molecular formula is C13H27NO. The SMILES string of the molecule is CC(C)CC(C)NCC1CCCC(O)C1. The molecule has 2 nitrogen and oxygen atoms in total. The summed E-state index contributed by atoms with van der Waals surface area (Å²) < 4.78 is 0. The highest BCUT2D eigenvalue weighted by molar-refractivity contribution is 4.75. The molecule has 0 bridgehead atoms. The second-order valence-electron chi connectivity index (χ2n) is 5.63. The molecule has 0 aromatic heterocycles. The molecule has 1 aliphatic rings. The number of hydrogen-bond donors (Lipinski definition) is 2. The van der Waals surface area contributed by atoms with Crippen molar-refractivity contribution in [2.24, 2.45) is 11.8 Å². The number of hydrogen-bond acceptors (Lipinski definition) is 2. The van der Waals surface area contributed by atoms with Crippen molar-refractivity contribution in [2.45, 2.75) is 65.0 Å². The molecule has 0 aromatic carbocycles. The summed E-state index contributed by atoms with van der Waals surface area (Å²) in [6, 6.07) is 0.615. The Kier molecular flexibility index (Phi) is 5.62. The normalized spacial score (nSPS) is 29.4. The van der Waals surface area contributed by atoms with Gasteiger partial charge in [-0.2, -0.15) is 0 Å². The van der Waals surface area contributed by atoms with Crippen LogP contribution in [-0.4, -0.2) is 23.8 Å². The van der Waals surface area contributed by atoms with E-state index in [1.54, 1.807) is 0 Å². The van der Waals surface area contributed by atoms with Crippen molar-refractivity contribution in [3.8, 4) is 0 Å². The fourth-order valence-corrected chi connectivity index (χ4v) is 2.61. The molecule has 2 N–H and O–H groups in total. The molecule has 1 aliphatic carbocycles. The van der Waals surface area contributed by atoms with Gasteiger partial charge < -0.3 is 10.4 Å². The molecule has 90 valence electrons. The fraction of sp³-hybridized carbons (Fsp3) is 1.00. The van der Waals surface area contributed by atoms with Crippen LogP contribution in [0.4, 0.5) is 0 Å². The summed E-state index contributed by atoms with van der Waals surface area (Å²) in [6.07, 6.45) is 5.71. The van der Waals surface area contributed by atoms with E-state index in [0.29, 0.717) is 12.0 Å². The maximum Gasteiger partial charge on any atom is 0.0543 e. The molecule has 15 heavy (non-hydrogen) atoms. The molecule has 0 aromatic rings. The molecule has 1 saturated carbocycles. The first-order valence-corrected chi connectivity index (χ1v) is 6.49. The van der Waals surface area contributed by atoms with E-state index in [-0.39, 0.29) is 6.10 Å². The minimum absolute atomic E-state index is 0.0362. The van der Waals surface area contributed by atoms with E-state index < -0.39 is 0 Å². The van der Waals surface area contributed by atoms with Crippen molar-refractivity contribution in [1.82, 2.24) is 5.32 Å². The van der Waals surface area contributed by atoms with Gasteiger partial charge in [0.05, 0.1) is 6.10 Å². The molecule has 0 radical (unpaired) electrons. The smallest absolute Gasteiger partial charge is 0.0543 e. The summed E-state index contributed by atoms with van der Waals surface area (Å²) in [5.41, 5.74) is 0. The molecule has 0 amide bonds. The maximum atomic E-state index is 9.56. The maximum absolute atomic E-state index is 9.56. The van der Waals surface area contributed by atoms with E-state index in [4.69, 9.17) is 0 Å². The second-order valence-corrected chi connectivity index (χ2v) is 5.63. The average Bonchev–Trinajstić information content (AvgIpc) is 2.14. The Hall–Kier alpha value is -0.0800. The second kappa shape index (κ2) is 6.49. The molecule has 3 unspecified atom stereocenters. The largest absolute Gasteiger partial charge is 0.393 e. The summed E-state index contributed by atoms with van der Waals surface area (Å²) in [5.74, 6) is 1.47. The van der Waals surface area contributed by atoms with Gasteiger partial charge >= 0.3 is 0 Å². The van der Waals surface area contributed by atoms with Crippen molar-refractivity contribution in [1.29, 1.82) is 0 Å². The number of aliphatic hydroxyl groups excluding tert-OH is 1. The molecule has 1 fully saturated rings. The zero-order chi connectivity index (χ0) is 11.3. The zero-order valence-electron chi connectivity index (χ0n) is 10.5. The van der Waals surface area contributed by atoms with Gasteiger partial charge in [0.1, 0.15) is 0 Å². The Balaban J connectivity index is 2.13. The van der Waals surface area contributed by atoms with Crippen LogP contribution in [0.2, 0.25) is 0 Å². The first-order chi connectivity index (χ1) is 7.08. The van der Waals surface area contributed by atoms with Crippen LogP contribution in [0.5, 0.6) is 0 Å². The Bertz CT molecular complexity index is 170. The summed E-state index contributed by atoms with van der Waals surface area (Å²) >= 11 is 0. The van der Waals surface area contributed by atoms with Gasteiger partial charge in [-0.15, -0.1) is 0 Å². The van der Waals surface area contributed by atoms with E-state index in [1.807, 2.05) is 0 Å². The molecular weight excluding hydrogens is 186 g/mol. The Labute approximate surface area is 94.5 Å². The van der Waals surface area contributed by atoms with Crippen LogP contribution in [0.25, 0.3) is 0 Å². The lowest BCUT2D eigenvalue weighted by molar-refractivity contribution is 0.0995. The minimum Gasteiger partial charge on any atom is -0.393 e. The third-order valence-electron chi connectivity index (χ3n) is 3.34. The summed E-state index contributed by atoms with van der Waals surface area (Å²) in [5, 5.41) is 13.2. The van der Waals surface area contributed by atoms with E-state index in [1.165, 1.54) is 19.3 Å². The molecule has 3 atom stereocenters. The van der Waals surface area contributed by atoms with Gasteiger partial charge in [0, 0.05) is 6.04 Å². The van der Waals surface area contributed by atoms with Crippen LogP contribution in [0.3, 0.4) is 0 Å². The van der Waals surface area contributed by atoms with Gasteiger partial charge in [0.15, 0.2) is 0 Å². The highest BCUT2D eigenvalue weighted by Crippen LogP contribution is 2.23. The van der Waals surface area contributed by atoms with Crippen LogP contribution in [0, 0.1) is 11.8 Å². The predicted octanol–water partition coefficient (Wildman–Crippen LogP) is 2.56. The summed E-state index contributed by atoms with van der Waals surface area (Å²) in [6.45, 7) is 7.88. The zero-order valence-corrected chi connectivity index (χ0v) is 10.5. The topological polar surface area (TPSA) is 32.3 Å². The molecule has 0 aliphatic heterocycles. The minimum atomic E-state index is -0.0362. The fourth-order valence-electron chi connectivity index (χ4n) is 2.61. The van der Waals surface area contributed by atoms with E-state index >= 15 is 0 Å². The highest BCUT2D eigenvalue weighted by atomic mass is 16.3. The molecule has 0 saturated heterocycles. The van der Waals surface area contributed by atoms with Gasteiger partial charge in [-0.1, -0.05) is 20.3 Å². The summed E-state index contributed by atoms with van der Waals surface area (Å²) in [4.78, 5) is 0. The monoisotopic (exact) mass is 213 g/mol. The first kappa shape index (κ1) is 13.0. The van der Waals surface area contributed by atoms with Crippen molar-refractivity contribution in [2.75, 3.05) is 6.54 Å². The standard InChI is InChI=1S/C13H27NO/c1-10(2)7-11(3)14-9-12-5-4-6-13(15)8-12/h10-15H,4-9H2,1-3H3. The summed E-state index contributed by atoms with van der Waals surface area (Å²) in [7, 11) is 0. The molecule has 2 heteroatoms. The van der Waals surface area contributed by atoms with E-state index in [2.05, 4.69) is 26.1 Å². The van der Waals surface area contributed by atoms with Crippen LogP contribution in [-0.2, 0) is 0 Å². The van der Waals surface area contributed by atoms with Gasteiger partial charge in [0.25, 0.3) is 0 Å². The lowest BCUT2D eigenvalue weighted by atomic mass is 9.87. The predicted molar refractivity (Wildman–Crippen MR) is 64.9 cm³/mol. The quantitative estimate of drug-likeness (QED) is 0.735. The van der Waals surface area contributed by atoms with Crippen LogP contribution in [0.1, 0.15) is 52.9 Å². The first-order valence-electron chi connectivity index (χ1n) is 6.49. The van der Waals surface area contributed by atoms with Crippen molar-refractivity contribution in [3.63, 3.8) is 0 Å². The van der Waals surface area contributed by atoms with Crippen molar-refractivity contribution < 1.29 is 5.11 Å². The molecule has 0 heterocycles. The third kappa shape index (κ3) is 5.53. The van der Waals surface area contributed by atoms with Gasteiger partial charge in [-0.3, -0.25) is 0 Å². The lowest BCUT2D eigenvalue weighted by Gasteiger charge is -2.27. The Morgan fingerprint density at radius 2 is 2.00 bits per heavy atom. The van der Waals surface area contributed by atoms with Crippen LogP contribution >= 0.6 is 0 Å². The average molecular weight is 213 g/mol. The van der Waals surface area contributed by atoms with Gasteiger partial charge in [-0.05, 0) is 51.0 Å². The number of aliphatic hydroxyl groups is 1. The van der Waals surface area contributed by atoms with Gasteiger partial charge in [0.2, 0.25) is 0 Å². The number of rotatable bonds is 5.